The molecule has 2 aromatic carbocycles. The second kappa shape index (κ2) is 8.66. The molecule has 3 rings (SSSR count). The van der Waals surface area contributed by atoms with E-state index in [1.165, 1.54) is 0 Å². The Morgan fingerprint density at radius 2 is 1.63 bits per heavy atom. The zero-order valence-corrected chi connectivity index (χ0v) is 16.1. The van der Waals surface area contributed by atoms with Crippen LogP contribution >= 0.6 is 0 Å². The topological polar surface area (TPSA) is 75.7 Å². The van der Waals surface area contributed by atoms with E-state index < -0.39 is 37.0 Å². The predicted molar refractivity (Wildman–Crippen MR) is 101 cm³/mol. The van der Waals surface area contributed by atoms with Crippen molar-refractivity contribution in [3.05, 3.63) is 70.3 Å². The van der Waals surface area contributed by atoms with Gasteiger partial charge in [0.1, 0.15) is 13.2 Å². The fourth-order valence-electron chi connectivity index (χ4n) is 2.99. The van der Waals surface area contributed by atoms with E-state index in [1.54, 1.807) is 49.4 Å². The van der Waals surface area contributed by atoms with Crippen LogP contribution in [0.25, 0.3) is 0 Å². The maximum Gasteiger partial charge on any atom is 0.411 e. The Bertz CT molecular complexity index is 971. The fourth-order valence-corrected chi connectivity index (χ4v) is 2.99. The van der Waals surface area contributed by atoms with Gasteiger partial charge in [-0.05, 0) is 30.2 Å². The summed E-state index contributed by atoms with van der Waals surface area (Å²) in [6, 6.07) is 11.4. The number of nitrogens with zero attached hydrogens (tertiary/aromatic N) is 1. The molecular weight excluding hydrogens is 401 g/mol. The van der Waals surface area contributed by atoms with E-state index in [2.05, 4.69) is 10.1 Å². The number of imide groups is 1. The smallest absolute Gasteiger partial charge is 0.367 e. The molecule has 0 aliphatic carbocycles. The van der Waals surface area contributed by atoms with E-state index >= 15 is 0 Å². The highest BCUT2D eigenvalue weighted by molar-refractivity contribution is 6.22. The van der Waals surface area contributed by atoms with Gasteiger partial charge in [0, 0.05) is 6.54 Å². The van der Waals surface area contributed by atoms with Gasteiger partial charge in [0.05, 0.1) is 17.7 Å². The van der Waals surface area contributed by atoms with Crippen LogP contribution in [0.5, 0.6) is 0 Å². The number of rotatable bonds is 7. The Labute approximate surface area is 170 Å². The van der Waals surface area contributed by atoms with E-state index in [4.69, 9.17) is 0 Å². The minimum Gasteiger partial charge on any atom is -0.367 e. The van der Waals surface area contributed by atoms with Gasteiger partial charge in [-0.1, -0.05) is 35.9 Å². The third kappa shape index (κ3) is 5.24. The van der Waals surface area contributed by atoms with Crippen molar-refractivity contribution in [3.63, 3.8) is 0 Å². The fraction of sp³-hybridized carbons (Fsp3) is 0.286. The number of ether oxygens (including phenoxy) is 1. The standard InChI is InChI=1S/C21H19F3N2O4/c1-13-2-7-16-17(8-13)20(29)26(19(16)28)10-18(27)25-9-14-3-5-15(6-4-14)11-30-12-21(22,23)24/h2-8H,9-12H2,1H3,(H,25,27). The van der Waals surface area contributed by atoms with Crippen molar-refractivity contribution in [2.75, 3.05) is 13.2 Å². The van der Waals surface area contributed by atoms with Crippen molar-refractivity contribution in [1.82, 2.24) is 10.2 Å². The lowest BCUT2D eigenvalue weighted by atomic mass is 10.1. The molecule has 1 aliphatic rings. The van der Waals surface area contributed by atoms with Gasteiger partial charge in [-0.2, -0.15) is 13.2 Å². The van der Waals surface area contributed by atoms with Crippen molar-refractivity contribution in [3.8, 4) is 0 Å². The molecule has 0 bridgehead atoms. The molecule has 6 nitrogen and oxygen atoms in total. The molecule has 0 unspecified atom stereocenters. The molecule has 158 valence electrons. The van der Waals surface area contributed by atoms with E-state index in [9.17, 15) is 27.6 Å². The maximum absolute atomic E-state index is 12.4. The maximum atomic E-state index is 12.4. The minimum absolute atomic E-state index is 0.144. The van der Waals surface area contributed by atoms with Gasteiger partial charge >= 0.3 is 6.18 Å². The quantitative estimate of drug-likeness (QED) is 0.699. The molecule has 0 fully saturated rings. The molecule has 9 heteroatoms. The molecule has 0 saturated carbocycles. The van der Waals surface area contributed by atoms with Crippen LogP contribution in [0.1, 0.15) is 37.4 Å². The minimum atomic E-state index is -4.37. The monoisotopic (exact) mass is 420 g/mol. The molecule has 1 aliphatic heterocycles. The molecule has 0 aromatic heterocycles. The van der Waals surface area contributed by atoms with Crippen LogP contribution in [0.2, 0.25) is 0 Å². The summed E-state index contributed by atoms with van der Waals surface area (Å²) in [5, 5.41) is 2.62. The van der Waals surface area contributed by atoms with Crippen molar-refractivity contribution < 1.29 is 32.3 Å². The number of nitrogens with one attached hydrogen (secondary N) is 1. The highest BCUT2D eigenvalue weighted by Gasteiger charge is 2.36. The number of hydrogen-bond acceptors (Lipinski definition) is 4. The van der Waals surface area contributed by atoms with Gasteiger partial charge in [-0.25, -0.2) is 0 Å². The van der Waals surface area contributed by atoms with Crippen LogP contribution in [-0.4, -0.2) is 41.9 Å². The number of amides is 3. The van der Waals surface area contributed by atoms with Gasteiger partial charge in [-0.3, -0.25) is 19.3 Å². The molecule has 0 saturated heterocycles. The van der Waals surface area contributed by atoms with Crippen molar-refractivity contribution in [2.24, 2.45) is 0 Å². The number of carbonyl (C=O) groups is 3. The summed E-state index contributed by atoms with van der Waals surface area (Å²) in [6.07, 6.45) is -4.37. The van der Waals surface area contributed by atoms with E-state index in [0.717, 1.165) is 10.5 Å². The first-order chi connectivity index (χ1) is 14.1. The van der Waals surface area contributed by atoms with E-state index in [0.29, 0.717) is 11.1 Å². The summed E-state index contributed by atoms with van der Waals surface area (Å²) < 4.78 is 40.8. The summed E-state index contributed by atoms with van der Waals surface area (Å²) in [6.45, 7) is 0.0637. The molecular formula is C21H19F3N2O4. The number of fused-ring (bicyclic) bond motifs is 1. The Morgan fingerprint density at radius 3 is 2.30 bits per heavy atom. The highest BCUT2D eigenvalue weighted by Crippen LogP contribution is 2.23. The largest absolute Gasteiger partial charge is 0.411 e. The normalized spacial score (nSPS) is 13.5. The van der Waals surface area contributed by atoms with Crippen LogP contribution < -0.4 is 5.32 Å². The molecule has 1 heterocycles. The van der Waals surface area contributed by atoms with Crippen molar-refractivity contribution in [2.45, 2.75) is 26.3 Å². The van der Waals surface area contributed by atoms with Crippen LogP contribution in [0, 0.1) is 6.92 Å². The van der Waals surface area contributed by atoms with E-state index in [1.807, 2.05) is 0 Å². The second-order valence-corrected chi connectivity index (χ2v) is 6.95. The van der Waals surface area contributed by atoms with Crippen LogP contribution in [0.4, 0.5) is 13.2 Å². The summed E-state index contributed by atoms with van der Waals surface area (Å²) in [5.74, 6) is -1.51. The summed E-state index contributed by atoms with van der Waals surface area (Å²) in [5.41, 5.74) is 2.68. The SMILES string of the molecule is Cc1ccc2c(c1)C(=O)N(CC(=O)NCc1ccc(COCC(F)(F)F)cc1)C2=O. The summed E-state index contributed by atoms with van der Waals surface area (Å²) in [7, 11) is 0. The van der Waals surface area contributed by atoms with Gasteiger partial charge in [0.25, 0.3) is 11.8 Å². The predicted octanol–water partition coefficient (Wildman–Crippen LogP) is 2.99. The Kier molecular flexibility index (Phi) is 6.21. The first-order valence-electron chi connectivity index (χ1n) is 9.10. The van der Waals surface area contributed by atoms with E-state index in [-0.39, 0.29) is 24.3 Å². The number of alkyl halides is 3. The highest BCUT2D eigenvalue weighted by atomic mass is 19.4. The van der Waals surface area contributed by atoms with Crippen molar-refractivity contribution >= 4 is 17.7 Å². The molecule has 0 atom stereocenters. The van der Waals surface area contributed by atoms with Crippen LogP contribution in [-0.2, 0) is 22.7 Å². The first kappa shape index (κ1) is 21.5. The van der Waals surface area contributed by atoms with Gasteiger partial charge in [0.15, 0.2) is 0 Å². The molecule has 3 amide bonds. The molecule has 1 N–H and O–H groups in total. The van der Waals surface area contributed by atoms with Crippen molar-refractivity contribution in [1.29, 1.82) is 0 Å². The third-order valence-electron chi connectivity index (χ3n) is 4.48. The zero-order valence-electron chi connectivity index (χ0n) is 16.1. The Hall–Kier alpha value is -3.20. The number of aryl methyl sites for hydroxylation is 1. The summed E-state index contributed by atoms with van der Waals surface area (Å²) >= 11 is 0. The Balaban J connectivity index is 1.49. The number of halogens is 3. The lowest BCUT2D eigenvalue weighted by Gasteiger charge is -2.14. The molecule has 2 aromatic rings. The third-order valence-corrected chi connectivity index (χ3v) is 4.48. The first-order valence-corrected chi connectivity index (χ1v) is 9.10. The van der Waals surface area contributed by atoms with Gasteiger partial charge in [-0.15, -0.1) is 0 Å². The Morgan fingerprint density at radius 1 is 1.00 bits per heavy atom. The molecule has 0 radical (unpaired) electrons. The van der Waals surface area contributed by atoms with Crippen LogP contribution in [0.15, 0.2) is 42.5 Å². The number of benzene rings is 2. The van der Waals surface area contributed by atoms with Crippen LogP contribution in [0.3, 0.4) is 0 Å². The van der Waals surface area contributed by atoms with Gasteiger partial charge < -0.3 is 10.1 Å². The lowest BCUT2D eigenvalue weighted by Crippen LogP contribution is -2.40. The number of hydrogen-bond donors (Lipinski definition) is 1. The zero-order chi connectivity index (χ0) is 21.9. The summed E-state index contributed by atoms with van der Waals surface area (Å²) in [4.78, 5) is 37.9. The second-order valence-electron chi connectivity index (χ2n) is 6.95. The average molecular weight is 420 g/mol. The number of carbonyl (C=O) groups excluding carboxylic acids is 3. The lowest BCUT2D eigenvalue weighted by molar-refractivity contribution is -0.176. The molecule has 30 heavy (non-hydrogen) atoms. The molecule has 0 spiro atoms. The average Bonchev–Trinajstić information content (AvgIpc) is 2.91. The van der Waals surface area contributed by atoms with Gasteiger partial charge in [0.2, 0.25) is 5.91 Å².